The number of carboxylic acid groups (broad SMARTS) is 1. The van der Waals surface area contributed by atoms with E-state index in [1.807, 2.05) is 0 Å². The van der Waals surface area contributed by atoms with Gasteiger partial charge in [0.1, 0.15) is 12.2 Å². The molecule has 0 atom stereocenters. The fourth-order valence-corrected chi connectivity index (χ4v) is 1.93. The fraction of sp³-hybridized carbons (Fsp3) is 0.231. The maximum Gasteiger partial charge on any atom is 0.337 e. The molecule has 0 aliphatic rings. The first-order valence-electron chi connectivity index (χ1n) is 5.75. The lowest BCUT2D eigenvalue weighted by Gasteiger charge is -2.02. The highest BCUT2D eigenvalue weighted by Gasteiger charge is 2.17. The molecule has 1 aromatic carbocycles. The van der Waals surface area contributed by atoms with Gasteiger partial charge in [0.25, 0.3) is 0 Å². The number of hydrogen-bond donors (Lipinski definition) is 1. The number of aromatic nitrogens is 2. The highest BCUT2D eigenvalue weighted by molar-refractivity contribution is 6.06. The van der Waals surface area contributed by atoms with Gasteiger partial charge in [0.2, 0.25) is 0 Å². The number of benzene rings is 1. The summed E-state index contributed by atoms with van der Waals surface area (Å²) < 4.78 is 5.79. The number of Topliss-reactive ketones (excluding diaryl/α,β-unsaturated/α-hetero) is 1. The van der Waals surface area contributed by atoms with Gasteiger partial charge in [-0.25, -0.2) is 4.79 Å². The molecule has 2 aromatic rings. The third kappa shape index (κ3) is 2.37. The molecule has 0 saturated carbocycles. The smallest absolute Gasteiger partial charge is 0.337 e. The van der Waals surface area contributed by atoms with Gasteiger partial charge in [-0.1, -0.05) is 0 Å². The summed E-state index contributed by atoms with van der Waals surface area (Å²) >= 11 is 0. The lowest BCUT2D eigenvalue weighted by Crippen LogP contribution is -2.11. The average molecular weight is 276 g/mol. The summed E-state index contributed by atoms with van der Waals surface area (Å²) in [6, 6.07) is 4.53. The second-order valence-electron chi connectivity index (χ2n) is 4.18. The van der Waals surface area contributed by atoms with Crippen molar-refractivity contribution in [2.24, 2.45) is 0 Å². The Hall–Kier alpha value is -2.70. The Bertz CT molecular complexity index is 717. The Morgan fingerprint density at radius 2 is 2.05 bits per heavy atom. The number of rotatable bonds is 4. The molecule has 0 spiro atoms. The maximum absolute atomic E-state index is 11.5. The van der Waals surface area contributed by atoms with Gasteiger partial charge in [-0.05, 0) is 18.2 Å². The first-order valence-corrected chi connectivity index (χ1v) is 5.75. The monoisotopic (exact) mass is 276 g/mol. The van der Waals surface area contributed by atoms with Gasteiger partial charge in [0.15, 0.2) is 5.78 Å². The molecule has 7 heteroatoms. The maximum atomic E-state index is 11.5. The van der Waals surface area contributed by atoms with Crippen molar-refractivity contribution >= 4 is 28.6 Å². The predicted octanol–water partition coefficient (Wildman–Crippen LogP) is 1.11. The average Bonchev–Trinajstić information content (AvgIpc) is 2.75. The topological polar surface area (TPSA) is 98.5 Å². The largest absolute Gasteiger partial charge is 0.480 e. The number of aliphatic carboxylic acids is 1. The van der Waals surface area contributed by atoms with Crippen LogP contribution in [0.25, 0.3) is 10.9 Å². The van der Waals surface area contributed by atoms with Crippen molar-refractivity contribution in [1.82, 2.24) is 9.78 Å². The van der Waals surface area contributed by atoms with Gasteiger partial charge in [0, 0.05) is 12.3 Å². The first-order chi connectivity index (χ1) is 9.43. The zero-order valence-corrected chi connectivity index (χ0v) is 10.9. The van der Waals surface area contributed by atoms with E-state index in [4.69, 9.17) is 5.11 Å². The Balaban J connectivity index is 2.67. The van der Waals surface area contributed by atoms with Gasteiger partial charge in [-0.15, -0.1) is 0 Å². The number of hydrogen-bond acceptors (Lipinski definition) is 5. The van der Waals surface area contributed by atoms with Crippen LogP contribution in [0, 0.1) is 0 Å². The van der Waals surface area contributed by atoms with E-state index in [0.717, 1.165) is 0 Å². The summed E-state index contributed by atoms with van der Waals surface area (Å²) in [5.74, 6) is -1.91. The zero-order valence-electron chi connectivity index (χ0n) is 10.9. The summed E-state index contributed by atoms with van der Waals surface area (Å²) in [6.07, 6.45) is 0. The van der Waals surface area contributed by atoms with Crippen molar-refractivity contribution in [3.05, 3.63) is 29.5 Å². The minimum absolute atomic E-state index is 0.178. The number of carbonyl (C=O) groups excluding carboxylic acids is 2. The van der Waals surface area contributed by atoms with Gasteiger partial charge in [-0.3, -0.25) is 14.3 Å². The van der Waals surface area contributed by atoms with Crippen LogP contribution in [-0.4, -0.2) is 39.7 Å². The fourth-order valence-electron chi connectivity index (χ4n) is 1.93. The lowest BCUT2D eigenvalue weighted by molar-refractivity contribution is -0.137. The van der Waals surface area contributed by atoms with Crippen LogP contribution in [0.15, 0.2) is 18.2 Å². The molecule has 7 nitrogen and oxygen atoms in total. The Kier molecular flexibility index (Phi) is 3.51. The third-order valence-electron chi connectivity index (χ3n) is 2.79. The van der Waals surface area contributed by atoms with E-state index in [1.165, 1.54) is 30.8 Å². The summed E-state index contributed by atoms with van der Waals surface area (Å²) in [5.41, 5.74) is 0.847. The molecule has 20 heavy (non-hydrogen) atoms. The number of nitrogens with zero attached hydrogens (tertiary/aromatic N) is 2. The number of ether oxygens (including phenoxy) is 1. The van der Waals surface area contributed by atoms with E-state index < -0.39 is 18.5 Å². The Morgan fingerprint density at radius 1 is 1.35 bits per heavy atom. The molecule has 104 valence electrons. The molecular weight excluding hydrogens is 264 g/mol. The first kappa shape index (κ1) is 13.7. The zero-order chi connectivity index (χ0) is 14.9. The summed E-state index contributed by atoms with van der Waals surface area (Å²) in [4.78, 5) is 33.8. The van der Waals surface area contributed by atoms with E-state index >= 15 is 0 Å². The predicted molar refractivity (Wildman–Crippen MR) is 68.7 cm³/mol. The van der Waals surface area contributed by atoms with Crippen LogP contribution in [0.3, 0.4) is 0 Å². The van der Waals surface area contributed by atoms with Gasteiger partial charge in [0.05, 0.1) is 18.2 Å². The van der Waals surface area contributed by atoms with Crippen molar-refractivity contribution in [3.8, 4) is 0 Å². The molecular formula is C13H12N2O5. The molecule has 0 radical (unpaired) electrons. The summed E-state index contributed by atoms with van der Waals surface area (Å²) in [5, 5.41) is 13.4. The van der Waals surface area contributed by atoms with E-state index in [-0.39, 0.29) is 17.0 Å². The molecule has 0 fully saturated rings. The van der Waals surface area contributed by atoms with Crippen molar-refractivity contribution < 1.29 is 24.2 Å². The molecule has 0 saturated heterocycles. The van der Waals surface area contributed by atoms with E-state index in [2.05, 4.69) is 9.84 Å². The van der Waals surface area contributed by atoms with Crippen molar-refractivity contribution in [2.75, 3.05) is 7.11 Å². The van der Waals surface area contributed by atoms with Crippen LogP contribution in [0.5, 0.6) is 0 Å². The van der Waals surface area contributed by atoms with Gasteiger partial charge >= 0.3 is 11.9 Å². The van der Waals surface area contributed by atoms with Crippen LogP contribution in [0.4, 0.5) is 0 Å². The molecule has 0 unspecified atom stereocenters. The highest BCUT2D eigenvalue weighted by atomic mass is 16.5. The Morgan fingerprint density at radius 3 is 2.60 bits per heavy atom. The van der Waals surface area contributed by atoms with E-state index in [0.29, 0.717) is 10.9 Å². The van der Waals surface area contributed by atoms with Crippen LogP contribution in [-0.2, 0) is 16.1 Å². The minimum Gasteiger partial charge on any atom is -0.480 e. The van der Waals surface area contributed by atoms with Crippen LogP contribution in [0.2, 0.25) is 0 Å². The molecule has 1 aromatic heterocycles. The molecule has 0 aliphatic heterocycles. The highest BCUT2D eigenvalue weighted by Crippen LogP contribution is 2.21. The van der Waals surface area contributed by atoms with E-state index in [1.54, 1.807) is 6.07 Å². The van der Waals surface area contributed by atoms with Crippen LogP contribution < -0.4 is 0 Å². The van der Waals surface area contributed by atoms with Crippen LogP contribution in [0.1, 0.15) is 27.8 Å². The Labute approximate surface area is 113 Å². The number of fused-ring (bicyclic) bond motifs is 1. The second-order valence-corrected chi connectivity index (χ2v) is 4.18. The minimum atomic E-state index is -1.09. The van der Waals surface area contributed by atoms with Crippen LogP contribution >= 0.6 is 0 Å². The summed E-state index contributed by atoms with van der Waals surface area (Å²) in [6.45, 7) is 0.954. The molecule has 2 rings (SSSR count). The number of ketones is 1. The normalized spacial score (nSPS) is 10.5. The van der Waals surface area contributed by atoms with Crippen molar-refractivity contribution in [3.63, 3.8) is 0 Å². The molecule has 1 heterocycles. The molecule has 0 bridgehead atoms. The number of carboxylic acids is 1. The number of esters is 1. The lowest BCUT2D eigenvalue weighted by atomic mass is 10.1. The number of carbonyl (C=O) groups is 3. The van der Waals surface area contributed by atoms with E-state index in [9.17, 15) is 14.4 Å². The quantitative estimate of drug-likeness (QED) is 0.663. The van der Waals surface area contributed by atoms with Crippen molar-refractivity contribution in [2.45, 2.75) is 13.5 Å². The standard InChI is InChI=1S/C13H12N2O5/c1-7(16)12-9-4-3-8(13(19)20-2)5-10(9)15(14-12)6-11(17)18/h3-5H,6H2,1-2H3,(H,17,18). The molecule has 1 N–H and O–H groups in total. The van der Waals surface area contributed by atoms with Crippen molar-refractivity contribution in [1.29, 1.82) is 0 Å². The number of methoxy groups -OCH3 is 1. The summed E-state index contributed by atoms with van der Waals surface area (Å²) in [7, 11) is 1.25. The second kappa shape index (κ2) is 5.12. The molecule has 0 amide bonds. The van der Waals surface area contributed by atoms with Gasteiger partial charge in [-0.2, -0.15) is 5.10 Å². The molecule has 0 aliphatic carbocycles. The third-order valence-corrected chi connectivity index (χ3v) is 2.79. The van der Waals surface area contributed by atoms with Gasteiger partial charge < -0.3 is 9.84 Å². The SMILES string of the molecule is COC(=O)c1ccc2c(C(C)=O)nn(CC(=O)O)c2c1.